The second-order valence-electron chi connectivity index (χ2n) is 4.79. The van der Waals surface area contributed by atoms with Gasteiger partial charge in [-0.25, -0.2) is 0 Å². The zero-order valence-electron chi connectivity index (χ0n) is 9.74. The summed E-state index contributed by atoms with van der Waals surface area (Å²) in [5, 5.41) is 13.2. The van der Waals surface area contributed by atoms with Gasteiger partial charge < -0.3 is 10.4 Å². The van der Waals surface area contributed by atoms with E-state index in [1.165, 1.54) is 0 Å². The van der Waals surface area contributed by atoms with E-state index in [9.17, 15) is 9.90 Å². The Morgan fingerprint density at radius 1 is 1.53 bits per heavy atom. The molecule has 0 unspecified atom stereocenters. The van der Waals surface area contributed by atoms with Crippen LogP contribution in [0.4, 0.5) is 0 Å². The van der Waals surface area contributed by atoms with Crippen LogP contribution in [0.5, 0.6) is 0 Å². The average Bonchev–Trinajstić information content (AvgIpc) is 3.11. The number of amides is 1. The van der Waals surface area contributed by atoms with Crippen molar-refractivity contribution in [3.63, 3.8) is 0 Å². The molecule has 0 bridgehead atoms. The Hall–Kier alpha value is -1.06. The average molecular weight is 254 g/mol. The van der Waals surface area contributed by atoms with E-state index in [1.807, 2.05) is 0 Å². The van der Waals surface area contributed by atoms with Gasteiger partial charge in [-0.2, -0.15) is 0 Å². The minimum Gasteiger partial charge on any atom is -0.388 e. The summed E-state index contributed by atoms with van der Waals surface area (Å²) in [5.41, 5.74) is -0.363. The highest BCUT2D eigenvalue weighted by atomic mass is 35.5. The van der Waals surface area contributed by atoms with Gasteiger partial charge in [-0.1, -0.05) is 23.7 Å². The van der Waals surface area contributed by atoms with Gasteiger partial charge in [-0.05, 0) is 37.8 Å². The van der Waals surface area contributed by atoms with Crippen molar-refractivity contribution in [3.8, 4) is 0 Å². The Kier molecular flexibility index (Phi) is 3.40. The quantitative estimate of drug-likeness (QED) is 0.865. The SMILES string of the molecule is C[C@@](O)(CNC(=O)c1ccccc1Cl)C1CC1. The van der Waals surface area contributed by atoms with Crippen molar-refractivity contribution < 1.29 is 9.90 Å². The molecule has 17 heavy (non-hydrogen) atoms. The molecule has 1 saturated carbocycles. The third-order valence-electron chi connectivity index (χ3n) is 3.18. The molecule has 0 aliphatic heterocycles. The molecule has 1 fully saturated rings. The van der Waals surface area contributed by atoms with Crippen molar-refractivity contribution in [1.82, 2.24) is 5.32 Å². The molecule has 2 N–H and O–H groups in total. The van der Waals surface area contributed by atoms with E-state index >= 15 is 0 Å². The Morgan fingerprint density at radius 3 is 2.76 bits per heavy atom. The molecule has 1 aromatic rings. The van der Waals surface area contributed by atoms with Crippen molar-refractivity contribution in [2.75, 3.05) is 6.54 Å². The lowest BCUT2D eigenvalue weighted by Crippen LogP contribution is -2.42. The number of hydrogen-bond donors (Lipinski definition) is 2. The smallest absolute Gasteiger partial charge is 0.252 e. The first kappa shape index (κ1) is 12.4. The lowest BCUT2D eigenvalue weighted by Gasteiger charge is -2.23. The summed E-state index contributed by atoms with van der Waals surface area (Å²) in [6, 6.07) is 6.89. The van der Waals surface area contributed by atoms with Crippen LogP contribution < -0.4 is 5.32 Å². The fourth-order valence-corrected chi connectivity index (χ4v) is 2.07. The minimum absolute atomic E-state index is 0.239. The summed E-state index contributed by atoms with van der Waals surface area (Å²) in [5.74, 6) is 0.0746. The Bertz CT molecular complexity index is 427. The molecule has 2 rings (SSSR count). The zero-order chi connectivity index (χ0) is 12.5. The third kappa shape index (κ3) is 2.99. The molecule has 0 spiro atoms. The molecule has 1 aliphatic carbocycles. The van der Waals surface area contributed by atoms with E-state index in [0.717, 1.165) is 12.8 Å². The molecule has 1 atom stereocenters. The van der Waals surface area contributed by atoms with Crippen LogP contribution in [-0.4, -0.2) is 23.2 Å². The van der Waals surface area contributed by atoms with Crippen LogP contribution in [0.15, 0.2) is 24.3 Å². The summed E-state index contributed by atoms with van der Waals surface area (Å²) >= 11 is 5.92. The van der Waals surface area contributed by atoms with Crippen molar-refractivity contribution in [1.29, 1.82) is 0 Å². The standard InChI is InChI=1S/C13H16ClNO2/c1-13(17,9-6-7-9)8-15-12(16)10-4-2-3-5-11(10)14/h2-5,9,17H,6-8H2,1H3,(H,15,16)/t13-/m1/s1. The number of benzene rings is 1. The summed E-state index contributed by atoms with van der Waals surface area (Å²) in [4.78, 5) is 11.8. The minimum atomic E-state index is -0.809. The van der Waals surface area contributed by atoms with Crippen molar-refractivity contribution >= 4 is 17.5 Å². The molecule has 92 valence electrons. The van der Waals surface area contributed by atoms with Crippen LogP contribution in [0.1, 0.15) is 30.1 Å². The van der Waals surface area contributed by atoms with Crippen molar-refractivity contribution in [2.45, 2.75) is 25.4 Å². The van der Waals surface area contributed by atoms with Crippen LogP contribution >= 0.6 is 11.6 Å². The molecule has 1 aromatic carbocycles. The summed E-state index contributed by atoms with van der Waals surface area (Å²) in [6.45, 7) is 2.03. The fourth-order valence-electron chi connectivity index (χ4n) is 1.85. The molecular formula is C13H16ClNO2. The van der Waals surface area contributed by atoms with Gasteiger partial charge >= 0.3 is 0 Å². The maximum absolute atomic E-state index is 11.8. The number of aliphatic hydroxyl groups is 1. The van der Waals surface area contributed by atoms with E-state index in [2.05, 4.69) is 5.32 Å². The number of halogens is 1. The van der Waals surface area contributed by atoms with Crippen LogP contribution in [0, 0.1) is 5.92 Å². The van der Waals surface area contributed by atoms with E-state index in [4.69, 9.17) is 11.6 Å². The molecular weight excluding hydrogens is 238 g/mol. The van der Waals surface area contributed by atoms with Crippen LogP contribution in [0.2, 0.25) is 5.02 Å². The van der Waals surface area contributed by atoms with E-state index in [-0.39, 0.29) is 12.5 Å². The van der Waals surface area contributed by atoms with E-state index in [1.54, 1.807) is 31.2 Å². The molecule has 4 heteroatoms. The molecule has 0 radical (unpaired) electrons. The number of carbonyl (C=O) groups is 1. The van der Waals surface area contributed by atoms with Gasteiger partial charge in [0.25, 0.3) is 5.91 Å². The number of carbonyl (C=O) groups excluding carboxylic acids is 1. The topological polar surface area (TPSA) is 49.3 Å². The maximum Gasteiger partial charge on any atom is 0.252 e. The first-order valence-electron chi connectivity index (χ1n) is 5.76. The highest BCUT2D eigenvalue weighted by molar-refractivity contribution is 6.33. The van der Waals surface area contributed by atoms with Gasteiger partial charge in [0, 0.05) is 6.54 Å². The Balaban J connectivity index is 1.96. The normalized spacial score (nSPS) is 18.5. The fraction of sp³-hybridized carbons (Fsp3) is 0.462. The first-order chi connectivity index (χ1) is 8.00. The summed E-state index contributed by atoms with van der Waals surface area (Å²) in [6.07, 6.45) is 2.07. The van der Waals surface area contributed by atoms with Crippen LogP contribution in [-0.2, 0) is 0 Å². The predicted octanol–water partition coefficient (Wildman–Crippen LogP) is 2.23. The largest absolute Gasteiger partial charge is 0.388 e. The molecule has 3 nitrogen and oxygen atoms in total. The van der Waals surface area contributed by atoms with Crippen molar-refractivity contribution in [3.05, 3.63) is 34.9 Å². The number of rotatable bonds is 4. The predicted molar refractivity (Wildman–Crippen MR) is 67.1 cm³/mol. The summed E-state index contributed by atoms with van der Waals surface area (Å²) in [7, 11) is 0. The Morgan fingerprint density at radius 2 is 2.18 bits per heavy atom. The highest BCUT2D eigenvalue weighted by Gasteiger charge is 2.39. The lowest BCUT2D eigenvalue weighted by atomic mass is 10.0. The first-order valence-corrected chi connectivity index (χ1v) is 6.13. The van der Waals surface area contributed by atoms with Gasteiger partial charge in [0.1, 0.15) is 0 Å². The molecule has 0 aromatic heterocycles. The van der Waals surface area contributed by atoms with Gasteiger partial charge in [0.15, 0.2) is 0 Å². The second-order valence-corrected chi connectivity index (χ2v) is 5.20. The third-order valence-corrected chi connectivity index (χ3v) is 3.51. The van der Waals surface area contributed by atoms with Gasteiger partial charge in [-0.15, -0.1) is 0 Å². The van der Waals surface area contributed by atoms with Gasteiger partial charge in [0.05, 0.1) is 16.2 Å². The molecule has 1 amide bonds. The van der Waals surface area contributed by atoms with Crippen molar-refractivity contribution in [2.24, 2.45) is 5.92 Å². The van der Waals surface area contributed by atoms with Gasteiger partial charge in [-0.3, -0.25) is 4.79 Å². The number of hydrogen-bond acceptors (Lipinski definition) is 2. The monoisotopic (exact) mass is 253 g/mol. The second kappa shape index (κ2) is 4.67. The lowest BCUT2D eigenvalue weighted by molar-refractivity contribution is 0.0354. The van der Waals surface area contributed by atoms with Crippen LogP contribution in [0.3, 0.4) is 0 Å². The van der Waals surface area contributed by atoms with E-state index in [0.29, 0.717) is 16.5 Å². The summed E-state index contributed by atoms with van der Waals surface area (Å²) < 4.78 is 0. The molecule has 1 aliphatic rings. The van der Waals surface area contributed by atoms with Crippen LogP contribution in [0.25, 0.3) is 0 Å². The number of nitrogens with one attached hydrogen (secondary N) is 1. The molecule has 0 heterocycles. The van der Waals surface area contributed by atoms with E-state index < -0.39 is 5.60 Å². The Labute approximate surface area is 106 Å². The maximum atomic E-state index is 11.8. The highest BCUT2D eigenvalue weighted by Crippen LogP contribution is 2.39. The van der Waals surface area contributed by atoms with Gasteiger partial charge in [0.2, 0.25) is 0 Å². The zero-order valence-corrected chi connectivity index (χ0v) is 10.5. The molecule has 0 saturated heterocycles.